The van der Waals surface area contributed by atoms with Crippen LogP contribution in [0.3, 0.4) is 0 Å². The molecule has 0 saturated carbocycles. The van der Waals surface area contributed by atoms with E-state index in [1.165, 1.54) is 24.6 Å². The van der Waals surface area contributed by atoms with Crippen molar-refractivity contribution in [3.05, 3.63) is 53.0 Å². The number of pyridine rings is 1. The molecule has 2 aromatic rings. The van der Waals surface area contributed by atoms with Crippen LogP contribution in [-0.2, 0) is 9.53 Å². The predicted octanol–water partition coefficient (Wildman–Crippen LogP) is 3.05. The molecule has 3 rings (SSSR count). The second-order valence-electron chi connectivity index (χ2n) is 7.03. The zero-order valence-corrected chi connectivity index (χ0v) is 16.4. The number of hydrogen-bond acceptors (Lipinski definition) is 5. The smallest absolute Gasteiger partial charge is 0.340 e. The lowest BCUT2D eigenvalue weighted by Crippen LogP contribution is -2.29. The van der Waals surface area contributed by atoms with Crippen molar-refractivity contribution in [1.29, 1.82) is 0 Å². The zero-order chi connectivity index (χ0) is 19.9. The summed E-state index contributed by atoms with van der Waals surface area (Å²) in [6, 6.07) is 5.27. The maximum atomic E-state index is 12.1. The number of ether oxygens (including phenoxy) is 1. The van der Waals surface area contributed by atoms with Crippen molar-refractivity contribution in [3.8, 4) is 5.82 Å². The van der Waals surface area contributed by atoms with Gasteiger partial charge in [0.2, 0.25) is 0 Å². The van der Waals surface area contributed by atoms with Crippen LogP contribution >= 0.6 is 0 Å². The average molecular weight is 382 g/mol. The van der Waals surface area contributed by atoms with Crippen molar-refractivity contribution in [2.75, 3.05) is 13.2 Å². The van der Waals surface area contributed by atoms with Gasteiger partial charge in [-0.1, -0.05) is 11.6 Å². The van der Waals surface area contributed by atoms with E-state index in [0.717, 1.165) is 30.7 Å². The maximum Gasteiger partial charge on any atom is 0.340 e. The summed E-state index contributed by atoms with van der Waals surface area (Å²) < 4.78 is 6.79. The van der Waals surface area contributed by atoms with Crippen molar-refractivity contribution in [3.63, 3.8) is 0 Å². The molecule has 0 aliphatic heterocycles. The Hall–Kier alpha value is -2.96. The first-order valence-electron chi connectivity index (χ1n) is 9.64. The van der Waals surface area contributed by atoms with E-state index in [4.69, 9.17) is 4.74 Å². The number of carbonyl (C=O) groups excluding carboxylic acids is 2. The van der Waals surface area contributed by atoms with Crippen molar-refractivity contribution in [2.24, 2.45) is 0 Å². The predicted molar refractivity (Wildman–Crippen MR) is 105 cm³/mol. The number of nitrogens with one attached hydrogen (secondary N) is 1. The lowest BCUT2D eigenvalue weighted by Gasteiger charge is -2.13. The van der Waals surface area contributed by atoms with Crippen LogP contribution in [0.15, 0.2) is 36.0 Å². The molecule has 2 aromatic heterocycles. The minimum absolute atomic E-state index is 0.294. The number of esters is 1. The van der Waals surface area contributed by atoms with Gasteiger partial charge in [-0.25, -0.2) is 14.5 Å². The Morgan fingerprint density at radius 1 is 1.25 bits per heavy atom. The fourth-order valence-corrected chi connectivity index (χ4v) is 3.25. The summed E-state index contributed by atoms with van der Waals surface area (Å²) in [7, 11) is 0. The third-order valence-corrected chi connectivity index (χ3v) is 4.70. The summed E-state index contributed by atoms with van der Waals surface area (Å²) in [6.45, 7) is 4.12. The molecule has 1 amide bonds. The second-order valence-corrected chi connectivity index (χ2v) is 7.03. The van der Waals surface area contributed by atoms with Gasteiger partial charge >= 0.3 is 5.97 Å². The molecule has 0 bridgehead atoms. The van der Waals surface area contributed by atoms with Crippen LogP contribution in [0.5, 0.6) is 0 Å². The summed E-state index contributed by atoms with van der Waals surface area (Å²) >= 11 is 0. The molecule has 0 spiro atoms. The van der Waals surface area contributed by atoms with Crippen molar-refractivity contribution in [2.45, 2.75) is 46.0 Å². The molecular formula is C21H26N4O3. The molecular weight excluding hydrogens is 356 g/mol. The van der Waals surface area contributed by atoms with E-state index >= 15 is 0 Å². The van der Waals surface area contributed by atoms with E-state index in [1.807, 2.05) is 19.9 Å². The van der Waals surface area contributed by atoms with Crippen LogP contribution in [0.25, 0.3) is 5.82 Å². The van der Waals surface area contributed by atoms with Gasteiger partial charge in [0.15, 0.2) is 12.4 Å². The Labute approximate surface area is 164 Å². The molecule has 0 unspecified atom stereocenters. The van der Waals surface area contributed by atoms with Gasteiger partial charge in [0.1, 0.15) is 0 Å². The number of aromatic nitrogens is 3. The Kier molecular flexibility index (Phi) is 6.57. The molecule has 0 fully saturated rings. The van der Waals surface area contributed by atoms with Crippen LogP contribution < -0.4 is 5.32 Å². The molecule has 148 valence electrons. The Morgan fingerprint density at radius 2 is 2.11 bits per heavy atom. The van der Waals surface area contributed by atoms with Gasteiger partial charge < -0.3 is 10.1 Å². The maximum absolute atomic E-state index is 12.1. The Morgan fingerprint density at radius 3 is 2.75 bits per heavy atom. The standard InChI is InChI=1S/C21H26N4O3/c1-15-12-16(2)25(24-15)19-9-8-18(13-23-19)21(27)28-14-20(26)22-11-10-17-6-4-3-5-7-17/h6,8-9,12-13H,3-5,7,10-11,14H2,1-2H3,(H,22,26). The largest absolute Gasteiger partial charge is 0.452 e. The zero-order valence-electron chi connectivity index (χ0n) is 16.4. The second kappa shape index (κ2) is 9.30. The highest BCUT2D eigenvalue weighted by Gasteiger charge is 2.12. The fourth-order valence-electron chi connectivity index (χ4n) is 3.25. The summed E-state index contributed by atoms with van der Waals surface area (Å²) in [5, 5.41) is 7.15. The van der Waals surface area contributed by atoms with E-state index in [-0.39, 0.29) is 12.5 Å². The molecule has 0 atom stereocenters. The van der Waals surface area contributed by atoms with Gasteiger partial charge in [-0.3, -0.25) is 4.79 Å². The van der Waals surface area contributed by atoms with Crippen molar-refractivity contribution in [1.82, 2.24) is 20.1 Å². The van der Waals surface area contributed by atoms with Crippen LogP contribution in [-0.4, -0.2) is 39.8 Å². The van der Waals surface area contributed by atoms with Gasteiger partial charge in [-0.2, -0.15) is 5.10 Å². The van der Waals surface area contributed by atoms with E-state index < -0.39 is 5.97 Å². The fraction of sp³-hybridized carbons (Fsp3) is 0.429. The quantitative estimate of drug-likeness (QED) is 0.588. The SMILES string of the molecule is Cc1cc(C)n(-c2ccc(C(=O)OCC(=O)NCCC3=CCCCC3)cn2)n1. The molecule has 2 heterocycles. The first kappa shape index (κ1) is 19.8. The highest BCUT2D eigenvalue weighted by atomic mass is 16.5. The van der Waals surface area contributed by atoms with Gasteiger partial charge in [-0.05, 0) is 64.2 Å². The van der Waals surface area contributed by atoms with Gasteiger partial charge in [0.25, 0.3) is 5.91 Å². The number of aryl methyl sites for hydroxylation is 2. The molecule has 0 radical (unpaired) electrons. The van der Waals surface area contributed by atoms with Gasteiger partial charge in [0, 0.05) is 18.4 Å². The highest BCUT2D eigenvalue weighted by Crippen LogP contribution is 2.19. The first-order chi connectivity index (χ1) is 13.5. The number of rotatable bonds is 7. The lowest BCUT2D eigenvalue weighted by molar-refractivity contribution is -0.124. The van der Waals surface area contributed by atoms with Crippen LogP contribution in [0, 0.1) is 13.8 Å². The molecule has 0 saturated heterocycles. The Balaban J connectivity index is 1.44. The van der Waals surface area contributed by atoms with E-state index in [0.29, 0.717) is 17.9 Å². The molecule has 7 nitrogen and oxygen atoms in total. The molecule has 1 aliphatic rings. The van der Waals surface area contributed by atoms with Crippen molar-refractivity contribution < 1.29 is 14.3 Å². The summed E-state index contributed by atoms with van der Waals surface area (Å²) in [5.74, 6) is -0.244. The number of allylic oxidation sites excluding steroid dienone is 1. The molecule has 1 aliphatic carbocycles. The van der Waals surface area contributed by atoms with Crippen LogP contribution in [0.4, 0.5) is 0 Å². The number of nitrogens with zero attached hydrogens (tertiary/aromatic N) is 3. The minimum Gasteiger partial charge on any atom is -0.452 e. The molecule has 7 heteroatoms. The molecule has 1 N–H and O–H groups in total. The van der Waals surface area contributed by atoms with Gasteiger partial charge in [-0.15, -0.1) is 0 Å². The van der Waals surface area contributed by atoms with E-state index in [1.54, 1.807) is 16.8 Å². The minimum atomic E-state index is -0.572. The van der Waals surface area contributed by atoms with E-state index in [9.17, 15) is 9.59 Å². The molecule has 0 aromatic carbocycles. The topological polar surface area (TPSA) is 86.1 Å². The Bertz CT molecular complexity index is 868. The van der Waals surface area contributed by atoms with Crippen molar-refractivity contribution >= 4 is 11.9 Å². The molecule has 28 heavy (non-hydrogen) atoms. The van der Waals surface area contributed by atoms with Crippen LogP contribution in [0.1, 0.15) is 53.8 Å². The van der Waals surface area contributed by atoms with Gasteiger partial charge in [0.05, 0.1) is 11.3 Å². The monoisotopic (exact) mass is 382 g/mol. The number of hydrogen-bond donors (Lipinski definition) is 1. The highest BCUT2D eigenvalue weighted by molar-refractivity contribution is 5.91. The summed E-state index contributed by atoms with van der Waals surface area (Å²) in [5.41, 5.74) is 3.55. The average Bonchev–Trinajstić information content (AvgIpc) is 3.05. The summed E-state index contributed by atoms with van der Waals surface area (Å²) in [4.78, 5) is 28.2. The third kappa shape index (κ3) is 5.28. The third-order valence-electron chi connectivity index (χ3n) is 4.70. The van der Waals surface area contributed by atoms with E-state index in [2.05, 4.69) is 21.5 Å². The number of carbonyl (C=O) groups is 2. The number of amides is 1. The summed E-state index contributed by atoms with van der Waals surface area (Å²) in [6.07, 6.45) is 9.28. The first-order valence-corrected chi connectivity index (χ1v) is 9.64. The normalized spacial score (nSPS) is 13.7. The lowest BCUT2D eigenvalue weighted by atomic mass is 9.97. The van der Waals surface area contributed by atoms with Crippen LogP contribution in [0.2, 0.25) is 0 Å².